The van der Waals surface area contributed by atoms with Crippen LogP contribution >= 0.6 is 0 Å². The van der Waals surface area contributed by atoms with Crippen molar-refractivity contribution < 1.29 is 0 Å². The maximum Gasteiger partial charge on any atom is 0.0468 e. The molecule has 0 radical (unpaired) electrons. The van der Waals surface area contributed by atoms with Crippen LogP contribution in [0.4, 0.5) is 34.1 Å². The second-order valence-corrected chi connectivity index (χ2v) is 19.3. The smallest absolute Gasteiger partial charge is 0.0468 e. The van der Waals surface area contributed by atoms with Gasteiger partial charge in [-0.2, -0.15) is 0 Å². The van der Waals surface area contributed by atoms with Crippen molar-refractivity contribution in [2.45, 2.75) is 31.1 Å². The molecular formula is C70H56N2. The summed E-state index contributed by atoms with van der Waals surface area (Å²) in [7, 11) is 0. The van der Waals surface area contributed by atoms with Crippen LogP contribution in [0.1, 0.15) is 46.1 Å². The second-order valence-electron chi connectivity index (χ2n) is 19.3. The molecule has 0 bridgehead atoms. The van der Waals surface area contributed by atoms with Crippen molar-refractivity contribution in [2.75, 3.05) is 9.80 Å². The van der Waals surface area contributed by atoms with Gasteiger partial charge in [-0.3, -0.25) is 0 Å². The lowest BCUT2D eigenvalue weighted by molar-refractivity contribution is 0.660. The van der Waals surface area contributed by atoms with E-state index in [0.29, 0.717) is 5.92 Å². The van der Waals surface area contributed by atoms with Gasteiger partial charge >= 0.3 is 0 Å². The van der Waals surface area contributed by atoms with E-state index in [1.54, 1.807) is 0 Å². The van der Waals surface area contributed by atoms with E-state index in [4.69, 9.17) is 0 Å². The number of hydrogen-bond donors (Lipinski definition) is 0. The Labute approximate surface area is 424 Å². The number of fused-ring (bicyclic) bond motifs is 3. The molecule has 0 amide bonds. The molecule has 0 saturated carbocycles. The van der Waals surface area contributed by atoms with Crippen LogP contribution in [0.2, 0.25) is 0 Å². The number of para-hydroxylation sites is 1. The predicted molar refractivity (Wildman–Crippen MR) is 305 cm³/mol. The summed E-state index contributed by atoms with van der Waals surface area (Å²) < 4.78 is 0. The van der Waals surface area contributed by atoms with Gasteiger partial charge in [-0.1, -0.05) is 218 Å². The minimum absolute atomic E-state index is 0.182. The summed E-state index contributed by atoms with van der Waals surface area (Å²) in [5.74, 6) is 0.900. The molecule has 0 heterocycles. The van der Waals surface area contributed by atoms with E-state index in [1.165, 1.54) is 60.5 Å². The summed E-state index contributed by atoms with van der Waals surface area (Å²) in [4.78, 5) is 4.77. The number of anilines is 6. The van der Waals surface area contributed by atoms with E-state index in [1.807, 2.05) is 0 Å². The summed E-state index contributed by atoms with van der Waals surface area (Å²) in [6.45, 7) is 0. The third-order valence-electron chi connectivity index (χ3n) is 14.8. The Morgan fingerprint density at radius 3 is 1.47 bits per heavy atom. The van der Waals surface area contributed by atoms with E-state index in [-0.39, 0.29) is 11.8 Å². The van der Waals surface area contributed by atoms with Crippen LogP contribution in [0.3, 0.4) is 0 Å². The largest absolute Gasteiger partial charge is 0.311 e. The zero-order valence-electron chi connectivity index (χ0n) is 40.4. The lowest BCUT2D eigenvalue weighted by Gasteiger charge is -2.29. The van der Waals surface area contributed by atoms with Crippen molar-refractivity contribution >= 4 is 55.7 Å². The fourth-order valence-electron chi connectivity index (χ4n) is 11.0. The van der Waals surface area contributed by atoms with Crippen molar-refractivity contribution in [1.29, 1.82) is 0 Å². The van der Waals surface area contributed by atoms with Gasteiger partial charge in [-0.25, -0.2) is 0 Å². The molecule has 2 heteroatoms. The number of benzene rings is 10. The maximum absolute atomic E-state index is 2.41. The molecule has 3 unspecified atom stereocenters. The quantitative estimate of drug-likeness (QED) is 0.107. The Morgan fingerprint density at radius 2 is 0.806 bits per heavy atom. The molecule has 2 aliphatic rings. The van der Waals surface area contributed by atoms with Crippen LogP contribution in [-0.2, 0) is 12.8 Å². The zero-order chi connectivity index (χ0) is 48.1. The molecule has 0 aromatic heterocycles. The molecular weight excluding hydrogens is 869 g/mol. The number of rotatable bonds is 14. The minimum Gasteiger partial charge on any atom is -0.311 e. The van der Waals surface area contributed by atoms with Crippen LogP contribution in [0.25, 0.3) is 21.5 Å². The van der Waals surface area contributed by atoms with Crippen LogP contribution in [0.5, 0.6) is 0 Å². The Balaban J connectivity index is 0.917. The predicted octanol–water partition coefficient (Wildman–Crippen LogP) is 18.6. The fourth-order valence-corrected chi connectivity index (χ4v) is 11.0. The molecule has 0 fully saturated rings. The monoisotopic (exact) mass is 924 g/mol. The summed E-state index contributed by atoms with van der Waals surface area (Å²) in [6.07, 6.45) is 16.6. The molecule has 2 nitrogen and oxygen atoms in total. The van der Waals surface area contributed by atoms with Gasteiger partial charge in [0.05, 0.1) is 0 Å². The lowest BCUT2D eigenvalue weighted by Crippen LogP contribution is -2.14. The Bertz CT molecular complexity index is 3590. The van der Waals surface area contributed by atoms with Crippen molar-refractivity contribution in [1.82, 2.24) is 0 Å². The van der Waals surface area contributed by atoms with Gasteiger partial charge in [0, 0.05) is 51.9 Å². The SMILES string of the molecule is C1=CC2=CC=C(C(Cc3ccc(N(c4ccc(C(Cc5ccccc5)c5ccc6ccccc6c5)cc4)c4ccc(N(c5ccccc5)c5ccc6ccccc6c5)cc4)cc3)c3ccccc3)CC2C=C1. The van der Waals surface area contributed by atoms with Crippen LogP contribution in [0, 0.1) is 5.92 Å². The average Bonchev–Trinajstić information content (AvgIpc) is 3.45. The Hall–Kier alpha value is -8.72. The molecule has 0 spiro atoms. The summed E-state index contributed by atoms with van der Waals surface area (Å²) >= 11 is 0. The van der Waals surface area contributed by atoms with E-state index in [0.717, 1.165) is 53.4 Å². The first kappa shape index (κ1) is 44.5. The van der Waals surface area contributed by atoms with Crippen LogP contribution in [0.15, 0.2) is 296 Å². The first-order chi connectivity index (χ1) is 35.7. The van der Waals surface area contributed by atoms with E-state index >= 15 is 0 Å². The molecule has 0 saturated heterocycles. The second kappa shape index (κ2) is 20.3. The van der Waals surface area contributed by atoms with E-state index in [9.17, 15) is 0 Å². The molecule has 0 N–H and O–H groups in total. The first-order valence-corrected chi connectivity index (χ1v) is 25.4. The van der Waals surface area contributed by atoms with E-state index in [2.05, 4.69) is 295 Å². The van der Waals surface area contributed by atoms with E-state index < -0.39 is 0 Å². The van der Waals surface area contributed by atoms with Gasteiger partial charge in [0.25, 0.3) is 0 Å². The Morgan fingerprint density at radius 1 is 0.347 bits per heavy atom. The highest BCUT2D eigenvalue weighted by atomic mass is 15.2. The maximum atomic E-state index is 2.41. The molecule has 12 rings (SSSR count). The topological polar surface area (TPSA) is 6.48 Å². The van der Waals surface area contributed by atoms with Crippen molar-refractivity contribution in [2.24, 2.45) is 5.92 Å². The number of allylic oxidation sites excluding steroid dienone is 8. The summed E-state index contributed by atoms with van der Waals surface area (Å²) in [5, 5.41) is 4.98. The summed E-state index contributed by atoms with van der Waals surface area (Å²) in [5.41, 5.74) is 16.2. The third kappa shape index (κ3) is 9.48. The standard InChI is InChI=1S/C70H56N2/c1-4-16-51(17-5-1)46-70(62-33-31-54-19-11-14-24-59(54)49-62)57-35-39-65(40-36-57)71(66-42-44-67(45-43-66)72(63-26-8-3-9-27-63)68-41-34-55-20-12-15-25-60(55)50-68)64-37-28-52(29-38-64)47-69(56-21-6-2-7-22-56)61-32-30-53-18-10-13-23-58(53)48-61/h1-45,49-50,58,69-70H,46-48H2. The zero-order valence-corrected chi connectivity index (χ0v) is 40.4. The molecule has 0 aliphatic heterocycles. The molecule has 3 atom stereocenters. The van der Waals surface area contributed by atoms with Crippen LogP contribution in [-0.4, -0.2) is 0 Å². The van der Waals surface area contributed by atoms with Gasteiger partial charge in [0.1, 0.15) is 0 Å². The molecule has 10 aromatic carbocycles. The summed E-state index contributed by atoms with van der Waals surface area (Å²) in [6, 6.07) is 91.4. The first-order valence-electron chi connectivity index (χ1n) is 25.4. The Kier molecular flexibility index (Phi) is 12.6. The highest BCUT2D eigenvalue weighted by Crippen LogP contribution is 2.43. The van der Waals surface area contributed by atoms with Crippen molar-refractivity contribution in [3.63, 3.8) is 0 Å². The van der Waals surface area contributed by atoms with Gasteiger partial charge in [0.15, 0.2) is 0 Å². The van der Waals surface area contributed by atoms with Crippen LogP contribution < -0.4 is 9.80 Å². The number of nitrogens with zero attached hydrogens (tertiary/aromatic N) is 2. The van der Waals surface area contributed by atoms with Gasteiger partial charge < -0.3 is 9.80 Å². The molecule has 72 heavy (non-hydrogen) atoms. The molecule has 346 valence electrons. The van der Waals surface area contributed by atoms with Gasteiger partial charge in [-0.15, -0.1) is 0 Å². The van der Waals surface area contributed by atoms with Gasteiger partial charge in [-0.05, 0) is 147 Å². The highest BCUT2D eigenvalue weighted by Gasteiger charge is 2.25. The fraction of sp³-hybridized carbons (Fsp3) is 0.0857. The minimum atomic E-state index is 0.182. The van der Waals surface area contributed by atoms with Gasteiger partial charge in [0.2, 0.25) is 0 Å². The lowest BCUT2D eigenvalue weighted by atomic mass is 9.76. The third-order valence-corrected chi connectivity index (χ3v) is 14.8. The molecule has 10 aromatic rings. The number of hydrogen-bond acceptors (Lipinski definition) is 2. The average molecular weight is 925 g/mol. The molecule has 2 aliphatic carbocycles. The highest BCUT2D eigenvalue weighted by molar-refractivity contribution is 5.90. The normalized spacial score (nSPS) is 14.8. The van der Waals surface area contributed by atoms with Crippen molar-refractivity contribution in [3.05, 3.63) is 324 Å². The van der Waals surface area contributed by atoms with Crippen molar-refractivity contribution in [3.8, 4) is 0 Å².